The van der Waals surface area contributed by atoms with Gasteiger partial charge in [0.2, 0.25) is 0 Å². The molecule has 3 heterocycles. The summed E-state index contributed by atoms with van der Waals surface area (Å²) in [6.45, 7) is 2.01. The van der Waals surface area contributed by atoms with Gasteiger partial charge in [-0.15, -0.1) is 22.7 Å². The Balaban J connectivity index is 1.95. The van der Waals surface area contributed by atoms with E-state index in [1.54, 1.807) is 34.8 Å². The molecular weight excluding hydrogens is 348 g/mol. The second-order valence-corrected chi connectivity index (χ2v) is 7.41. The van der Waals surface area contributed by atoms with Crippen molar-refractivity contribution in [3.05, 3.63) is 52.5 Å². The molecule has 0 bridgehead atoms. The molecule has 0 amide bonds. The smallest absolute Gasteiger partial charge is 0.172 e. The minimum atomic E-state index is 0.246. The lowest BCUT2D eigenvalue weighted by atomic mass is 10.1. The first-order valence-electron chi connectivity index (χ1n) is 6.93. The fraction of sp³-hybridized carbons (Fsp3) is 0.0588. The molecule has 0 radical (unpaired) electrons. The van der Waals surface area contributed by atoms with Crippen LogP contribution < -0.4 is 0 Å². The third-order valence-electron chi connectivity index (χ3n) is 3.60. The van der Waals surface area contributed by atoms with Crippen molar-refractivity contribution in [2.45, 2.75) is 6.92 Å². The van der Waals surface area contributed by atoms with Gasteiger partial charge in [0.25, 0.3) is 0 Å². The summed E-state index contributed by atoms with van der Waals surface area (Å²) >= 11 is 9.59. The van der Waals surface area contributed by atoms with Crippen LogP contribution in [-0.4, -0.2) is 15.1 Å². The average molecular weight is 359 g/mol. The van der Waals surface area contributed by atoms with Crippen LogP contribution in [0.4, 0.5) is 0 Å². The Morgan fingerprint density at radius 1 is 1.13 bits per heavy atom. The van der Waals surface area contributed by atoms with Gasteiger partial charge in [-0.1, -0.05) is 29.8 Å². The van der Waals surface area contributed by atoms with E-state index in [-0.39, 0.29) is 5.75 Å². The van der Waals surface area contributed by atoms with E-state index in [4.69, 9.17) is 11.6 Å². The van der Waals surface area contributed by atoms with Gasteiger partial charge in [0.05, 0.1) is 10.3 Å². The Bertz CT molecular complexity index is 1010. The van der Waals surface area contributed by atoms with Gasteiger partial charge >= 0.3 is 0 Å². The van der Waals surface area contributed by atoms with Crippen LogP contribution in [0.1, 0.15) is 5.56 Å². The first-order valence-corrected chi connectivity index (χ1v) is 9.01. The maximum atomic E-state index is 9.72. The molecule has 0 saturated heterocycles. The minimum absolute atomic E-state index is 0.246. The SMILES string of the molecule is Cc1c(-c2cccc(O)c2)sc2nc(-c3cccs3)nc(Cl)c12. The van der Waals surface area contributed by atoms with Gasteiger partial charge in [-0.05, 0) is 41.6 Å². The number of aromatic nitrogens is 2. The van der Waals surface area contributed by atoms with E-state index < -0.39 is 0 Å². The number of benzene rings is 1. The van der Waals surface area contributed by atoms with Crippen LogP contribution >= 0.6 is 34.3 Å². The molecule has 0 aliphatic carbocycles. The van der Waals surface area contributed by atoms with E-state index in [1.165, 1.54) is 0 Å². The van der Waals surface area contributed by atoms with Crippen LogP contribution in [0, 0.1) is 6.92 Å². The zero-order chi connectivity index (χ0) is 16.0. The monoisotopic (exact) mass is 358 g/mol. The lowest BCUT2D eigenvalue weighted by Gasteiger charge is -2.01. The standard InChI is InChI=1S/C17H11ClN2OS2/c1-9-13-15(18)19-16(12-6-3-7-22-12)20-17(13)23-14(9)10-4-2-5-11(21)8-10/h2-8,21H,1H3. The number of phenolic OH excluding ortho intramolecular Hbond substituents is 1. The summed E-state index contributed by atoms with van der Waals surface area (Å²) in [4.78, 5) is 12.0. The number of hydrogen-bond donors (Lipinski definition) is 1. The molecule has 0 aliphatic rings. The third kappa shape index (κ3) is 2.51. The fourth-order valence-corrected chi connectivity index (χ4v) is 4.73. The van der Waals surface area contributed by atoms with Crippen molar-refractivity contribution < 1.29 is 5.11 Å². The predicted molar refractivity (Wildman–Crippen MR) is 97.6 cm³/mol. The molecule has 114 valence electrons. The summed E-state index contributed by atoms with van der Waals surface area (Å²) in [5.74, 6) is 0.900. The molecule has 0 spiro atoms. The number of rotatable bonds is 2. The first-order chi connectivity index (χ1) is 11.1. The van der Waals surface area contributed by atoms with E-state index in [0.717, 1.165) is 31.1 Å². The predicted octanol–water partition coefficient (Wildman–Crippen LogP) is 5.75. The summed E-state index contributed by atoms with van der Waals surface area (Å²) in [6, 6.07) is 11.2. The van der Waals surface area contributed by atoms with Gasteiger partial charge in [0, 0.05) is 4.88 Å². The average Bonchev–Trinajstić information content (AvgIpc) is 3.15. The molecule has 4 rings (SSSR count). The Labute approximate surface area is 145 Å². The van der Waals surface area contributed by atoms with E-state index >= 15 is 0 Å². The van der Waals surface area contributed by atoms with Crippen molar-refractivity contribution in [2.24, 2.45) is 0 Å². The summed E-state index contributed by atoms with van der Waals surface area (Å²) in [7, 11) is 0. The number of halogens is 1. The van der Waals surface area contributed by atoms with Crippen molar-refractivity contribution in [3.8, 4) is 26.9 Å². The molecule has 23 heavy (non-hydrogen) atoms. The van der Waals surface area contributed by atoms with Gasteiger partial charge < -0.3 is 5.11 Å². The molecule has 1 aromatic carbocycles. The van der Waals surface area contributed by atoms with Crippen molar-refractivity contribution in [3.63, 3.8) is 0 Å². The molecule has 0 aliphatic heterocycles. The topological polar surface area (TPSA) is 46.0 Å². The number of aryl methyl sites for hydroxylation is 1. The highest BCUT2D eigenvalue weighted by molar-refractivity contribution is 7.22. The highest BCUT2D eigenvalue weighted by Gasteiger charge is 2.17. The van der Waals surface area contributed by atoms with Crippen LogP contribution in [0.15, 0.2) is 41.8 Å². The van der Waals surface area contributed by atoms with Crippen LogP contribution in [0.2, 0.25) is 5.15 Å². The van der Waals surface area contributed by atoms with Crippen molar-refractivity contribution in [1.29, 1.82) is 0 Å². The number of hydrogen-bond acceptors (Lipinski definition) is 5. The highest BCUT2D eigenvalue weighted by atomic mass is 35.5. The minimum Gasteiger partial charge on any atom is -0.508 e. The molecular formula is C17H11ClN2OS2. The lowest BCUT2D eigenvalue weighted by molar-refractivity contribution is 0.475. The van der Waals surface area contributed by atoms with Crippen LogP contribution in [0.5, 0.6) is 5.75 Å². The van der Waals surface area contributed by atoms with Gasteiger partial charge in [-0.3, -0.25) is 0 Å². The number of thiophene rings is 2. The normalized spacial score (nSPS) is 11.2. The molecule has 0 fully saturated rings. The maximum absolute atomic E-state index is 9.72. The Kier molecular flexibility index (Phi) is 3.56. The number of fused-ring (bicyclic) bond motifs is 1. The van der Waals surface area contributed by atoms with Gasteiger partial charge in [0.1, 0.15) is 15.7 Å². The van der Waals surface area contributed by atoms with E-state index in [9.17, 15) is 5.11 Å². The molecule has 1 N–H and O–H groups in total. The quantitative estimate of drug-likeness (QED) is 0.464. The lowest BCUT2D eigenvalue weighted by Crippen LogP contribution is -1.88. The van der Waals surface area contributed by atoms with E-state index in [0.29, 0.717) is 11.0 Å². The largest absolute Gasteiger partial charge is 0.508 e. The van der Waals surface area contributed by atoms with Crippen molar-refractivity contribution >= 4 is 44.5 Å². The zero-order valence-electron chi connectivity index (χ0n) is 12.1. The molecule has 3 aromatic heterocycles. The molecule has 4 aromatic rings. The van der Waals surface area contributed by atoms with Crippen LogP contribution in [-0.2, 0) is 0 Å². The molecule has 0 saturated carbocycles. The maximum Gasteiger partial charge on any atom is 0.172 e. The summed E-state index contributed by atoms with van der Waals surface area (Å²) < 4.78 is 0. The van der Waals surface area contributed by atoms with Crippen LogP contribution in [0.25, 0.3) is 31.4 Å². The number of aromatic hydroxyl groups is 1. The van der Waals surface area contributed by atoms with Crippen molar-refractivity contribution in [1.82, 2.24) is 9.97 Å². The summed E-state index contributed by atoms with van der Waals surface area (Å²) in [5, 5.41) is 13.1. The van der Waals surface area contributed by atoms with Gasteiger partial charge in [-0.25, -0.2) is 9.97 Å². The molecule has 0 unspecified atom stereocenters. The number of phenols is 1. The van der Waals surface area contributed by atoms with E-state index in [1.807, 2.05) is 36.6 Å². The number of nitrogens with zero attached hydrogens (tertiary/aromatic N) is 2. The summed E-state index contributed by atoms with van der Waals surface area (Å²) in [5.41, 5.74) is 2.00. The third-order valence-corrected chi connectivity index (χ3v) is 5.97. The second kappa shape index (κ2) is 5.60. The molecule has 3 nitrogen and oxygen atoms in total. The Morgan fingerprint density at radius 3 is 2.74 bits per heavy atom. The molecule has 0 atom stereocenters. The van der Waals surface area contributed by atoms with Gasteiger partial charge in [-0.2, -0.15) is 0 Å². The van der Waals surface area contributed by atoms with Crippen LogP contribution in [0.3, 0.4) is 0 Å². The fourth-order valence-electron chi connectivity index (χ4n) is 2.53. The Morgan fingerprint density at radius 2 is 2.00 bits per heavy atom. The first kappa shape index (κ1) is 14.6. The summed E-state index contributed by atoms with van der Waals surface area (Å²) in [6.07, 6.45) is 0. The van der Waals surface area contributed by atoms with E-state index in [2.05, 4.69) is 9.97 Å². The van der Waals surface area contributed by atoms with Crippen molar-refractivity contribution in [2.75, 3.05) is 0 Å². The zero-order valence-corrected chi connectivity index (χ0v) is 14.5. The highest BCUT2D eigenvalue weighted by Crippen LogP contribution is 2.41. The van der Waals surface area contributed by atoms with Gasteiger partial charge in [0.15, 0.2) is 5.82 Å². The molecule has 6 heteroatoms. The Hall–Kier alpha value is -1.95. The second-order valence-electron chi connectivity index (χ2n) is 5.10.